The number of hydrogen-bond acceptors (Lipinski definition) is 6. The second-order valence-corrected chi connectivity index (χ2v) is 7.60. The molecule has 3 aromatic rings. The van der Waals surface area contributed by atoms with E-state index in [9.17, 15) is 14.9 Å². The summed E-state index contributed by atoms with van der Waals surface area (Å²) < 4.78 is 4.93. The summed E-state index contributed by atoms with van der Waals surface area (Å²) in [5.74, 6) is -0.417. The predicted octanol–water partition coefficient (Wildman–Crippen LogP) is 3.83. The summed E-state index contributed by atoms with van der Waals surface area (Å²) in [4.78, 5) is 27.7. The number of amides is 1. The van der Waals surface area contributed by atoms with Gasteiger partial charge in [-0.3, -0.25) is 19.8 Å². The lowest BCUT2D eigenvalue weighted by Crippen LogP contribution is -2.37. The van der Waals surface area contributed by atoms with Crippen molar-refractivity contribution in [2.24, 2.45) is 0 Å². The number of carbonyl (C=O) groups is 1. The molecule has 0 saturated carbocycles. The third-order valence-electron chi connectivity index (χ3n) is 5.63. The minimum absolute atomic E-state index is 0.0398. The third kappa shape index (κ3) is 4.34. The summed E-state index contributed by atoms with van der Waals surface area (Å²) in [5, 5.41) is 15.0. The Bertz CT molecular complexity index is 1010. The van der Waals surface area contributed by atoms with Gasteiger partial charge in [0.15, 0.2) is 0 Å². The molecule has 1 aliphatic rings. The average Bonchev–Trinajstić information content (AvgIpc) is 3.02. The molecule has 1 aliphatic heterocycles. The number of rotatable bonds is 5. The van der Waals surface area contributed by atoms with Gasteiger partial charge in [-0.15, -0.1) is 0 Å². The van der Waals surface area contributed by atoms with Gasteiger partial charge in [-0.2, -0.15) is 0 Å². The minimum Gasteiger partial charge on any atom is -0.353 e. The number of carbonyl (C=O) groups excluding carboxylic acids is 1. The minimum atomic E-state index is -0.607. The molecule has 0 atom stereocenters. The van der Waals surface area contributed by atoms with Crippen LogP contribution in [0.4, 0.5) is 5.69 Å². The Morgan fingerprint density at radius 2 is 1.61 bits per heavy atom. The fourth-order valence-electron chi connectivity index (χ4n) is 4.16. The van der Waals surface area contributed by atoms with E-state index in [0.717, 1.165) is 13.0 Å². The quantitative estimate of drug-likeness (QED) is 0.460. The lowest BCUT2D eigenvalue weighted by Gasteiger charge is -2.31. The van der Waals surface area contributed by atoms with Crippen LogP contribution in [0.15, 0.2) is 65.2 Å². The van der Waals surface area contributed by atoms with Gasteiger partial charge in [0, 0.05) is 33.1 Å². The van der Waals surface area contributed by atoms with Crippen molar-refractivity contribution in [1.29, 1.82) is 0 Å². The lowest BCUT2D eigenvalue weighted by atomic mass is 9.97. The molecule has 1 aromatic heterocycles. The standard InChI is InChI=1S/C23H24N4O4/c1-17-21(27(29)30)20(24-31-17)23(28)26-14-8-13-25(15-16-26)22(18-9-4-2-5-10-18)19-11-6-3-7-12-19/h2-7,9-12,22H,8,13-16H2,1H3. The summed E-state index contributed by atoms with van der Waals surface area (Å²) in [5.41, 5.74) is 1.81. The summed E-state index contributed by atoms with van der Waals surface area (Å²) in [7, 11) is 0. The van der Waals surface area contributed by atoms with Crippen molar-refractivity contribution in [3.05, 3.63) is 93.4 Å². The maximum atomic E-state index is 13.0. The molecular weight excluding hydrogens is 396 g/mol. The first-order valence-corrected chi connectivity index (χ1v) is 10.3. The van der Waals surface area contributed by atoms with E-state index < -0.39 is 10.8 Å². The first kappa shape index (κ1) is 20.7. The number of aromatic nitrogens is 1. The highest BCUT2D eigenvalue weighted by Gasteiger charge is 2.34. The number of nitro groups is 1. The smallest absolute Gasteiger partial charge is 0.344 e. The number of hydrogen-bond donors (Lipinski definition) is 0. The normalized spacial score (nSPS) is 15.1. The van der Waals surface area contributed by atoms with Crippen LogP contribution in [0.3, 0.4) is 0 Å². The Kier molecular flexibility index (Phi) is 6.08. The molecule has 0 aliphatic carbocycles. The first-order chi connectivity index (χ1) is 15.1. The van der Waals surface area contributed by atoms with E-state index in [-0.39, 0.29) is 23.2 Å². The van der Waals surface area contributed by atoms with Gasteiger partial charge in [0.05, 0.1) is 11.0 Å². The molecule has 4 rings (SSSR count). The molecule has 8 heteroatoms. The molecule has 2 heterocycles. The second-order valence-electron chi connectivity index (χ2n) is 7.60. The van der Waals surface area contributed by atoms with Gasteiger partial charge in [0.25, 0.3) is 5.91 Å². The van der Waals surface area contributed by atoms with Gasteiger partial charge in [0.2, 0.25) is 11.5 Å². The van der Waals surface area contributed by atoms with E-state index in [2.05, 4.69) is 34.3 Å². The highest BCUT2D eigenvalue weighted by atomic mass is 16.6. The van der Waals surface area contributed by atoms with Crippen molar-refractivity contribution in [2.45, 2.75) is 19.4 Å². The van der Waals surface area contributed by atoms with Gasteiger partial charge < -0.3 is 9.42 Å². The van der Waals surface area contributed by atoms with Gasteiger partial charge in [-0.25, -0.2) is 0 Å². The average molecular weight is 420 g/mol. The van der Waals surface area contributed by atoms with E-state index in [0.29, 0.717) is 19.6 Å². The number of nitrogens with zero attached hydrogens (tertiary/aromatic N) is 4. The monoisotopic (exact) mass is 420 g/mol. The van der Waals surface area contributed by atoms with E-state index in [4.69, 9.17) is 4.52 Å². The van der Waals surface area contributed by atoms with Gasteiger partial charge >= 0.3 is 5.69 Å². The fraction of sp³-hybridized carbons (Fsp3) is 0.304. The maximum Gasteiger partial charge on any atom is 0.344 e. The van der Waals surface area contributed by atoms with Crippen molar-refractivity contribution in [2.75, 3.05) is 26.2 Å². The molecule has 0 bridgehead atoms. The topological polar surface area (TPSA) is 92.7 Å². The van der Waals surface area contributed by atoms with Crippen LogP contribution in [0, 0.1) is 17.0 Å². The molecule has 0 radical (unpaired) electrons. The van der Waals surface area contributed by atoms with E-state index in [1.54, 1.807) is 4.90 Å². The molecule has 0 N–H and O–H groups in total. The summed E-state index contributed by atoms with van der Waals surface area (Å²) >= 11 is 0. The van der Waals surface area contributed by atoms with E-state index in [1.807, 2.05) is 36.4 Å². The van der Waals surface area contributed by atoms with Crippen molar-refractivity contribution >= 4 is 11.6 Å². The molecule has 160 valence electrons. The summed E-state index contributed by atoms with van der Waals surface area (Å²) in [6, 6.07) is 20.7. The first-order valence-electron chi connectivity index (χ1n) is 10.3. The molecule has 1 fully saturated rings. The van der Waals surface area contributed by atoms with Gasteiger partial charge in [-0.1, -0.05) is 65.8 Å². The fourth-order valence-corrected chi connectivity index (χ4v) is 4.16. The number of benzene rings is 2. The van der Waals surface area contributed by atoms with Crippen molar-refractivity contribution in [3.63, 3.8) is 0 Å². The van der Waals surface area contributed by atoms with Gasteiger partial charge in [-0.05, 0) is 17.5 Å². The number of aryl methyl sites for hydroxylation is 1. The second kappa shape index (κ2) is 9.09. The Morgan fingerprint density at radius 3 is 2.19 bits per heavy atom. The molecule has 2 aromatic carbocycles. The third-order valence-corrected chi connectivity index (χ3v) is 5.63. The van der Waals surface area contributed by atoms with Crippen LogP contribution in [-0.4, -0.2) is 52.0 Å². The van der Waals surface area contributed by atoms with Crippen LogP contribution >= 0.6 is 0 Å². The van der Waals surface area contributed by atoms with Crippen molar-refractivity contribution in [1.82, 2.24) is 15.0 Å². The molecular formula is C23H24N4O4. The SMILES string of the molecule is Cc1onc(C(=O)N2CCCN(C(c3ccccc3)c3ccccc3)CC2)c1[N+](=O)[O-]. The Balaban J connectivity index is 1.56. The lowest BCUT2D eigenvalue weighted by molar-refractivity contribution is -0.386. The molecule has 31 heavy (non-hydrogen) atoms. The van der Waals surface area contributed by atoms with Crippen LogP contribution in [0.1, 0.15) is 39.8 Å². The Morgan fingerprint density at radius 1 is 1.00 bits per heavy atom. The highest BCUT2D eigenvalue weighted by molar-refractivity contribution is 5.96. The van der Waals surface area contributed by atoms with Gasteiger partial charge in [0.1, 0.15) is 0 Å². The largest absolute Gasteiger partial charge is 0.353 e. The van der Waals surface area contributed by atoms with Crippen LogP contribution < -0.4 is 0 Å². The van der Waals surface area contributed by atoms with Crippen molar-refractivity contribution < 1.29 is 14.2 Å². The molecule has 1 amide bonds. The van der Waals surface area contributed by atoms with E-state index in [1.165, 1.54) is 18.1 Å². The molecule has 1 saturated heterocycles. The van der Waals surface area contributed by atoms with Crippen molar-refractivity contribution in [3.8, 4) is 0 Å². The van der Waals surface area contributed by atoms with Crippen LogP contribution in [0.25, 0.3) is 0 Å². The maximum absolute atomic E-state index is 13.0. The van der Waals surface area contributed by atoms with E-state index >= 15 is 0 Å². The Labute approximate surface area is 180 Å². The zero-order valence-electron chi connectivity index (χ0n) is 17.3. The van der Waals surface area contributed by atoms with Crippen LogP contribution in [0.5, 0.6) is 0 Å². The molecule has 0 spiro atoms. The zero-order valence-corrected chi connectivity index (χ0v) is 17.3. The zero-order chi connectivity index (χ0) is 21.8. The Hall–Kier alpha value is -3.52. The highest BCUT2D eigenvalue weighted by Crippen LogP contribution is 2.30. The van der Waals surface area contributed by atoms with Crippen LogP contribution in [0.2, 0.25) is 0 Å². The molecule has 0 unspecified atom stereocenters. The summed E-state index contributed by atoms with van der Waals surface area (Å²) in [6.07, 6.45) is 0.756. The van der Waals surface area contributed by atoms with Crippen LogP contribution in [-0.2, 0) is 0 Å². The summed E-state index contributed by atoms with van der Waals surface area (Å²) in [6.45, 7) is 3.85. The molecule has 8 nitrogen and oxygen atoms in total. The predicted molar refractivity (Wildman–Crippen MR) is 115 cm³/mol.